The van der Waals surface area contributed by atoms with Gasteiger partial charge in [0.25, 0.3) is 0 Å². The molecule has 0 amide bonds. The molecule has 110 valence electrons. The Kier molecular flexibility index (Phi) is 4.19. The first-order valence-electron chi connectivity index (χ1n) is 7.22. The lowest BCUT2D eigenvalue weighted by Crippen LogP contribution is -2.22. The van der Waals surface area contributed by atoms with E-state index in [1.807, 2.05) is 42.5 Å². The third-order valence-electron chi connectivity index (χ3n) is 3.89. The molecule has 1 unspecified atom stereocenters. The fraction of sp³-hybridized carbons (Fsp3) is 0.222. The van der Waals surface area contributed by atoms with Crippen LogP contribution in [0.25, 0.3) is 10.2 Å². The average Bonchev–Trinajstić information content (AvgIpc) is 2.98. The molecular weight excluding hydrogens is 290 g/mol. The number of rotatable bonds is 4. The Bertz CT molecular complexity index is 798. The largest absolute Gasteiger partial charge is 0.293 e. The van der Waals surface area contributed by atoms with Gasteiger partial charge in [-0.15, -0.1) is 11.3 Å². The third kappa shape index (κ3) is 2.87. The van der Waals surface area contributed by atoms with Crippen molar-refractivity contribution in [2.45, 2.75) is 19.5 Å². The number of nitrogens with zero attached hydrogens (tertiary/aromatic N) is 3. The van der Waals surface area contributed by atoms with Crippen molar-refractivity contribution < 1.29 is 0 Å². The van der Waals surface area contributed by atoms with E-state index in [2.05, 4.69) is 31.0 Å². The Hall–Kier alpha value is -2.22. The molecule has 22 heavy (non-hydrogen) atoms. The van der Waals surface area contributed by atoms with Gasteiger partial charge < -0.3 is 0 Å². The summed E-state index contributed by atoms with van der Waals surface area (Å²) in [6.45, 7) is 2.90. The molecule has 3 rings (SSSR count). The lowest BCUT2D eigenvalue weighted by Gasteiger charge is -2.23. The normalized spacial score (nSPS) is 12.5. The first kappa shape index (κ1) is 14.7. The van der Waals surface area contributed by atoms with Gasteiger partial charge >= 0.3 is 0 Å². The minimum Gasteiger partial charge on any atom is -0.293 e. The molecule has 0 bridgehead atoms. The van der Waals surface area contributed by atoms with Gasteiger partial charge in [-0.2, -0.15) is 5.26 Å². The zero-order valence-corrected chi connectivity index (χ0v) is 13.5. The van der Waals surface area contributed by atoms with E-state index >= 15 is 0 Å². The molecule has 3 aromatic rings. The van der Waals surface area contributed by atoms with Crippen LogP contribution < -0.4 is 0 Å². The van der Waals surface area contributed by atoms with Crippen molar-refractivity contribution in [3.05, 3.63) is 64.7 Å². The van der Waals surface area contributed by atoms with Crippen LogP contribution in [0, 0.1) is 11.3 Å². The standard InChI is InChI=1S/C18H17N3S/c1-13(18-20-16-9-5-6-10-17(16)22-18)21(2)12-15-8-4-3-7-14(15)11-19/h3-10,13H,12H2,1-2H3. The summed E-state index contributed by atoms with van der Waals surface area (Å²) in [5.41, 5.74) is 2.85. The lowest BCUT2D eigenvalue weighted by atomic mass is 10.1. The number of para-hydroxylation sites is 1. The van der Waals surface area contributed by atoms with E-state index in [9.17, 15) is 5.26 Å². The van der Waals surface area contributed by atoms with Crippen LogP contribution in [-0.2, 0) is 6.54 Å². The zero-order chi connectivity index (χ0) is 15.5. The summed E-state index contributed by atoms with van der Waals surface area (Å²) in [5.74, 6) is 0. The van der Waals surface area contributed by atoms with Crippen molar-refractivity contribution in [2.24, 2.45) is 0 Å². The molecule has 2 aromatic carbocycles. The first-order valence-corrected chi connectivity index (χ1v) is 8.04. The zero-order valence-electron chi connectivity index (χ0n) is 12.7. The van der Waals surface area contributed by atoms with Crippen molar-refractivity contribution in [3.8, 4) is 6.07 Å². The lowest BCUT2D eigenvalue weighted by molar-refractivity contribution is 0.252. The summed E-state index contributed by atoms with van der Waals surface area (Å²) < 4.78 is 1.22. The second-order valence-corrected chi connectivity index (χ2v) is 6.44. The maximum atomic E-state index is 9.20. The van der Waals surface area contributed by atoms with E-state index in [-0.39, 0.29) is 6.04 Å². The maximum Gasteiger partial charge on any atom is 0.111 e. The van der Waals surface area contributed by atoms with Gasteiger partial charge in [0.2, 0.25) is 0 Å². The van der Waals surface area contributed by atoms with Crippen molar-refractivity contribution in [3.63, 3.8) is 0 Å². The molecule has 0 fully saturated rings. The number of nitriles is 1. The van der Waals surface area contributed by atoms with Crippen molar-refractivity contribution >= 4 is 21.6 Å². The highest BCUT2D eigenvalue weighted by atomic mass is 32.1. The molecule has 0 N–H and O–H groups in total. The topological polar surface area (TPSA) is 39.9 Å². The van der Waals surface area contributed by atoms with Crippen LogP contribution in [0.3, 0.4) is 0 Å². The Morgan fingerprint density at radius 3 is 2.68 bits per heavy atom. The molecule has 0 aliphatic carbocycles. The van der Waals surface area contributed by atoms with Crippen LogP contribution in [0.4, 0.5) is 0 Å². The number of thiazole rings is 1. The monoisotopic (exact) mass is 307 g/mol. The second kappa shape index (κ2) is 6.27. The van der Waals surface area contributed by atoms with Crippen LogP contribution in [0.1, 0.15) is 29.1 Å². The molecule has 0 spiro atoms. The van der Waals surface area contributed by atoms with Gasteiger partial charge in [-0.3, -0.25) is 4.90 Å². The molecule has 0 aliphatic rings. The summed E-state index contributed by atoms with van der Waals surface area (Å²) in [5, 5.41) is 10.3. The Balaban J connectivity index is 1.82. The summed E-state index contributed by atoms with van der Waals surface area (Å²) in [6.07, 6.45) is 0. The quantitative estimate of drug-likeness (QED) is 0.719. The van der Waals surface area contributed by atoms with E-state index in [1.54, 1.807) is 11.3 Å². The van der Waals surface area contributed by atoms with Crippen molar-refractivity contribution in [1.82, 2.24) is 9.88 Å². The van der Waals surface area contributed by atoms with Gasteiger partial charge in [-0.1, -0.05) is 30.3 Å². The Morgan fingerprint density at radius 2 is 1.91 bits per heavy atom. The number of benzene rings is 2. The highest BCUT2D eigenvalue weighted by molar-refractivity contribution is 7.18. The fourth-order valence-electron chi connectivity index (χ4n) is 2.43. The molecule has 1 atom stereocenters. The summed E-state index contributed by atoms with van der Waals surface area (Å²) in [6, 6.07) is 18.4. The number of hydrogen-bond acceptors (Lipinski definition) is 4. The van der Waals surface area contributed by atoms with E-state index in [1.165, 1.54) is 4.70 Å². The van der Waals surface area contributed by atoms with E-state index in [4.69, 9.17) is 4.98 Å². The molecule has 0 radical (unpaired) electrons. The molecule has 4 heteroatoms. The van der Waals surface area contributed by atoms with Crippen LogP contribution in [0.2, 0.25) is 0 Å². The molecule has 0 saturated heterocycles. The number of aromatic nitrogens is 1. The molecule has 1 aromatic heterocycles. The summed E-state index contributed by atoms with van der Waals surface area (Å²) >= 11 is 1.74. The molecular formula is C18H17N3S. The number of hydrogen-bond donors (Lipinski definition) is 0. The second-order valence-electron chi connectivity index (χ2n) is 5.38. The minimum absolute atomic E-state index is 0.212. The average molecular weight is 307 g/mol. The minimum atomic E-state index is 0.212. The van der Waals surface area contributed by atoms with Crippen LogP contribution >= 0.6 is 11.3 Å². The van der Waals surface area contributed by atoms with Crippen molar-refractivity contribution in [2.75, 3.05) is 7.05 Å². The third-order valence-corrected chi connectivity index (χ3v) is 5.09. The predicted octanol–water partition coefficient (Wildman–Crippen LogP) is 4.36. The van der Waals surface area contributed by atoms with Gasteiger partial charge in [0.05, 0.1) is 27.9 Å². The van der Waals surface area contributed by atoms with Crippen LogP contribution in [-0.4, -0.2) is 16.9 Å². The fourth-order valence-corrected chi connectivity index (χ4v) is 3.51. The van der Waals surface area contributed by atoms with E-state index in [0.29, 0.717) is 0 Å². The summed E-state index contributed by atoms with van der Waals surface area (Å²) in [4.78, 5) is 6.96. The van der Waals surface area contributed by atoms with E-state index < -0.39 is 0 Å². The highest BCUT2D eigenvalue weighted by Gasteiger charge is 2.17. The smallest absolute Gasteiger partial charge is 0.111 e. The van der Waals surface area contributed by atoms with Gasteiger partial charge in [0.1, 0.15) is 5.01 Å². The highest BCUT2D eigenvalue weighted by Crippen LogP contribution is 2.29. The Labute approximate surface area is 134 Å². The SMILES string of the molecule is CC(c1nc2ccccc2s1)N(C)Cc1ccccc1C#N. The predicted molar refractivity (Wildman–Crippen MR) is 90.7 cm³/mol. The Morgan fingerprint density at radius 1 is 1.18 bits per heavy atom. The molecule has 3 nitrogen and oxygen atoms in total. The molecule has 1 heterocycles. The van der Waals surface area contributed by atoms with Crippen LogP contribution in [0.15, 0.2) is 48.5 Å². The van der Waals surface area contributed by atoms with Gasteiger partial charge in [-0.05, 0) is 37.7 Å². The van der Waals surface area contributed by atoms with Gasteiger partial charge in [0, 0.05) is 6.54 Å². The van der Waals surface area contributed by atoms with Crippen LogP contribution in [0.5, 0.6) is 0 Å². The number of fused-ring (bicyclic) bond motifs is 1. The molecule has 0 aliphatic heterocycles. The van der Waals surface area contributed by atoms with E-state index in [0.717, 1.165) is 28.2 Å². The summed E-state index contributed by atoms with van der Waals surface area (Å²) in [7, 11) is 2.07. The maximum absolute atomic E-state index is 9.20. The first-order chi connectivity index (χ1) is 10.7. The molecule has 0 saturated carbocycles. The van der Waals surface area contributed by atoms with Crippen molar-refractivity contribution in [1.29, 1.82) is 5.26 Å². The van der Waals surface area contributed by atoms with Gasteiger partial charge in [-0.25, -0.2) is 4.98 Å². The van der Waals surface area contributed by atoms with Gasteiger partial charge in [0.15, 0.2) is 0 Å².